The highest BCUT2D eigenvalue weighted by molar-refractivity contribution is 5.62. The normalized spacial score (nSPS) is 9.87. The topological polar surface area (TPSA) is 88.1 Å². The molecule has 6 nitrogen and oxygen atoms in total. The highest BCUT2D eigenvalue weighted by atomic mass is 16.7. The Morgan fingerprint density at radius 3 is 3.00 bits per heavy atom. The molecule has 0 fully saturated rings. The lowest BCUT2D eigenvalue weighted by Gasteiger charge is -2.00. The fourth-order valence-corrected chi connectivity index (χ4v) is 1.11. The summed E-state index contributed by atoms with van der Waals surface area (Å²) < 4.78 is 4.43. The van der Waals surface area contributed by atoms with Crippen LogP contribution in [0.1, 0.15) is 0 Å². The van der Waals surface area contributed by atoms with Gasteiger partial charge in [-0.25, -0.2) is 9.78 Å². The third kappa shape index (κ3) is 2.11. The van der Waals surface area contributed by atoms with Crippen molar-refractivity contribution in [3.63, 3.8) is 0 Å². The van der Waals surface area contributed by atoms with Gasteiger partial charge in [0, 0.05) is 17.8 Å². The van der Waals surface area contributed by atoms with E-state index in [1.165, 1.54) is 6.07 Å². The summed E-state index contributed by atoms with van der Waals surface area (Å²) in [6.45, 7) is 0. The molecule has 76 valence electrons. The van der Waals surface area contributed by atoms with Crippen LogP contribution in [0.2, 0.25) is 0 Å². The molecular weight excluding hydrogens is 198 g/mol. The molecule has 0 saturated heterocycles. The number of pyridine rings is 1. The van der Waals surface area contributed by atoms with Crippen LogP contribution in [0.5, 0.6) is 5.88 Å². The van der Waals surface area contributed by atoms with Crippen LogP contribution in [-0.4, -0.2) is 26.4 Å². The maximum Gasteiger partial charge on any atom is 0.512 e. The standard InChI is InChI=1S/C9H7N3O3/c13-9(14)15-8-3-1-2-7(12-8)6-4-10-11-5-6/h1-5H,(H,10,11)(H,13,14). The quantitative estimate of drug-likeness (QED) is 0.726. The van der Waals surface area contributed by atoms with E-state index in [1.807, 2.05) is 0 Å². The lowest BCUT2D eigenvalue weighted by atomic mass is 10.2. The molecule has 2 N–H and O–H groups in total. The summed E-state index contributed by atoms with van der Waals surface area (Å²) in [5.41, 5.74) is 1.37. The molecule has 6 heteroatoms. The van der Waals surface area contributed by atoms with Crippen molar-refractivity contribution in [3.05, 3.63) is 30.6 Å². The molecule has 2 rings (SSSR count). The van der Waals surface area contributed by atoms with Gasteiger partial charge in [0.15, 0.2) is 0 Å². The number of carbonyl (C=O) groups is 1. The molecular formula is C9H7N3O3. The third-order valence-electron chi connectivity index (χ3n) is 1.71. The molecule has 0 aromatic carbocycles. The number of aromatic nitrogens is 3. The Kier molecular flexibility index (Phi) is 2.32. The zero-order chi connectivity index (χ0) is 10.7. The van der Waals surface area contributed by atoms with E-state index >= 15 is 0 Å². The molecule has 0 aliphatic rings. The molecule has 0 spiro atoms. The van der Waals surface area contributed by atoms with E-state index in [0.717, 1.165) is 5.56 Å². The molecule has 0 radical (unpaired) electrons. The van der Waals surface area contributed by atoms with E-state index < -0.39 is 6.16 Å². The number of hydrogen-bond donors (Lipinski definition) is 2. The minimum atomic E-state index is -1.38. The Hall–Kier alpha value is -2.37. The predicted molar refractivity (Wildman–Crippen MR) is 50.5 cm³/mol. The van der Waals surface area contributed by atoms with Crippen molar-refractivity contribution in [2.75, 3.05) is 0 Å². The molecule has 0 bridgehead atoms. The molecule has 0 aliphatic heterocycles. The van der Waals surface area contributed by atoms with Crippen molar-refractivity contribution < 1.29 is 14.6 Å². The van der Waals surface area contributed by atoms with Crippen molar-refractivity contribution >= 4 is 6.16 Å². The van der Waals surface area contributed by atoms with Gasteiger partial charge in [-0.1, -0.05) is 6.07 Å². The first-order chi connectivity index (χ1) is 7.25. The Bertz CT molecular complexity index is 467. The molecule has 0 unspecified atom stereocenters. The Morgan fingerprint density at radius 1 is 1.47 bits per heavy atom. The fourth-order valence-electron chi connectivity index (χ4n) is 1.11. The number of H-pyrrole nitrogens is 1. The molecule has 2 heterocycles. The average Bonchev–Trinajstić information content (AvgIpc) is 2.69. The second-order valence-corrected chi connectivity index (χ2v) is 2.72. The van der Waals surface area contributed by atoms with E-state index in [9.17, 15) is 4.79 Å². The molecule has 0 amide bonds. The summed E-state index contributed by atoms with van der Waals surface area (Å²) >= 11 is 0. The average molecular weight is 205 g/mol. The number of hydrogen-bond acceptors (Lipinski definition) is 4. The van der Waals surface area contributed by atoms with Gasteiger partial charge in [-0.05, 0) is 6.07 Å². The summed E-state index contributed by atoms with van der Waals surface area (Å²) in [5, 5.41) is 14.8. The van der Waals surface area contributed by atoms with Crippen LogP contribution in [-0.2, 0) is 0 Å². The van der Waals surface area contributed by atoms with E-state index in [1.54, 1.807) is 24.5 Å². The van der Waals surface area contributed by atoms with Crippen LogP contribution in [0.15, 0.2) is 30.6 Å². The van der Waals surface area contributed by atoms with E-state index in [2.05, 4.69) is 19.9 Å². The zero-order valence-corrected chi connectivity index (χ0v) is 7.54. The van der Waals surface area contributed by atoms with Gasteiger partial charge in [-0.3, -0.25) is 5.10 Å². The molecule has 0 aliphatic carbocycles. The van der Waals surface area contributed by atoms with Crippen molar-refractivity contribution in [1.29, 1.82) is 0 Å². The van der Waals surface area contributed by atoms with E-state index in [0.29, 0.717) is 5.69 Å². The maximum absolute atomic E-state index is 10.3. The monoisotopic (exact) mass is 205 g/mol. The van der Waals surface area contributed by atoms with Gasteiger partial charge in [0.2, 0.25) is 5.88 Å². The predicted octanol–water partition coefficient (Wildman–Crippen LogP) is 1.53. The minimum absolute atomic E-state index is 0.0428. The summed E-state index contributed by atoms with van der Waals surface area (Å²) in [4.78, 5) is 14.3. The summed E-state index contributed by atoms with van der Waals surface area (Å²) in [6, 6.07) is 4.87. The van der Waals surface area contributed by atoms with Gasteiger partial charge in [0.1, 0.15) is 0 Å². The number of carboxylic acid groups (broad SMARTS) is 1. The largest absolute Gasteiger partial charge is 0.512 e. The molecule has 2 aromatic rings. The van der Waals surface area contributed by atoms with Gasteiger partial charge in [-0.15, -0.1) is 0 Å². The first kappa shape index (κ1) is 9.20. The SMILES string of the molecule is O=C(O)Oc1cccc(-c2cn[nH]c2)n1. The van der Waals surface area contributed by atoms with E-state index in [-0.39, 0.29) is 5.88 Å². The smallest absolute Gasteiger partial charge is 0.449 e. The summed E-state index contributed by atoms with van der Waals surface area (Å²) in [7, 11) is 0. The maximum atomic E-state index is 10.3. The number of ether oxygens (including phenoxy) is 1. The van der Waals surface area contributed by atoms with Crippen LogP contribution >= 0.6 is 0 Å². The third-order valence-corrected chi connectivity index (χ3v) is 1.71. The van der Waals surface area contributed by atoms with Crippen LogP contribution < -0.4 is 4.74 Å². The van der Waals surface area contributed by atoms with Crippen molar-refractivity contribution in [2.24, 2.45) is 0 Å². The van der Waals surface area contributed by atoms with Crippen LogP contribution in [0, 0.1) is 0 Å². The number of rotatable bonds is 2. The van der Waals surface area contributed by atoms with Crippen molar-refractivity contribution in [1.82, 2.24) is 15.2 Å². The first-order valence-corrected chi connectivity index (χ1v) is 4.13. The molecule has 0 saturated carbocycles. The molecule has 0 atom stereocenters. The number of nitrogens with zero attached hydrogens (tertiary/aromatic N) is 2. The van der Waals surface area contributed by atoms with Gasteiger partial charge in [0.05, 0.1) is 11.9 Å². The van der Waals surface area contributed by atoms with E-state index in [4.69, 9.17) is 5.11 Å². The Balaban J connectivity index is 2.31. The number of aromatic amines is 1. The fraction of sp³-hybridized carbons (Fsp3) is 0. The van der Waals surface area contributed by atoms with Gasteiger partial charge in [-0.2, -0.15) is 5.10 Å². The first-order valence-electron chi connectivity index (χ1n) is 4.13. The highest BCUT2D eigenvalue weighted by Crippen LogP contribution is 2.17. The van der Waals surface area contributed by atoms with Crippen molar-refractivity contribution in [2.45, 2.75) is 0 Å². The molecule has 15 heavy (non-hydrogen) atoms. The second kappa shape index (κ2) is 3.79. The lowest BCUT2D eigenvalue weighted by Crippen LogP contribution is -2.04. The van der Waals surface area contributed by atoms with Gasteiger partial charge >= 0.3 is 6.16 Å². The minimum Gasteiger partial charge on any atom is -0.449 e. The summed E-state index contributed by atoms with van der Waals surface area (Å²) in [5.74, 6) is 0.0428. The van der Waals surface area contributed by atoms with Crippen LogP contribution in [0.4, 0.5) is 4.79 Å². The molecule has 2 aromatic heterocycles. The lowest BCUT2D eigenvalue weighted by molar-refractivity contribution is 0.142. The van der Waals surface area contributed by atoms with Crippen LogP contribution in [0.25, 0.3) is 11.3 Å². The zero-order valence-electron chi connectivity index (χ0n) is 7.54. The van der Waals surface area contributed by atoms with Crippen LogP contribution in [0.3, 0.4) is 0 Å². The van der Waals surface area contributed by atoms with Crippen molar-refractivity contribution in [3.8, 4) is 17.1 Å². The summed E-state index contributed by atoms with van der Waals surface area (Å²) in [6.07, 6.45) is 1.87. The Morgan fingerprint density at radius 2 is 2.33 bits per heavy atom. The van der Waals surface area contributed by atoms with Gasteiger partial charge < -0.3 is 9.84 Å². The highest BCUT2D eigenvalue weighted by Gasteiger charge is 2.05. The van der Waals surface area contributed by atoms with Gasteiger partial charge in [0.25, 0.3) is 0 Å². The Labute approximate surface area is 84.5 Å². The number of nitrogens with one attached hydrogen (secondary N) is 1. The second-order valence-electron chi connectivity index (χ2n) is 2.72.